The maximum atomic E-state index is 14.2. The van der Waals surface area contributed by atoms with Crippen molar-refractivity contribution < 1.29 is 9.13 Å². The number of halogens is 1. The van der Waals surface area contributed by atoms with Crippen LogP contribution in [-0.2, 0) is 11.3 Å². The third kappa shape index (κ3) is 5.79. The summed E-state index contributed by atoms with van der Waals surface area (Å²) in [5.41, 5.74) is 4.16. The molecule has 0 bridgehead atoms. The Balaban J connectivity index is 0.00000145. The molecule has 156 valence electrons. The Bertz CT molecular complexity index is 823. The van der Waals surface area contributed by atoms with Crippen LogP contribution in [-0.4, -0.2) is 33.9 Å². The minimum absolute atomic E-state index is 0.0760. The van der Waals surface area contributed by atoms with Crippen molar-refractivity contribution in [2.45, 2.75) is 33.2 Å². The van der Waals surface area contributed by atoms with Gasteiger partial charge in [-0.1, -0.05) is 26.0 Å². The highest BCUT2D eigenvalue weighted by atomic mass is 19.1. The summed E-state index contributed by atoms with van der Waals surface area (Å²) in [6.07, 6.45) is 2.18. The van der Waals surface area contributed by atoms with Gasteiger partial charge in [0.25, 0.3) is 0 Å². The number of piperidine rings is 1. The molecule has 0 saturated carbocycles. The number of anilines is 1. The van der Waals surface area contributed by atoms with E-state index in [1.807, 2.05) is 33.0 Å². The van der Waals surface area contributed by atoms with Gasteiger partial charge in [-0.15, -0.1) is 0 Å². The summed E-state index contributed by atoms with van der Waals surface area (Å²) in [7, 11) is 3.67. The largest absolute Gasteiger partial charge is 0.384 e. The van der Waals surface area contributed by atoms with Crippen molar-refractivity contribution in [1.29, 1.82) is 5.26 Å². The molecule has 0 spiro atoms. The SMILES string of the molecule is CC.CNCc1ccc(N2CCC(COC)CC2)c(-c2ccc(C#N)c(F)c2)c1. The molecule has 0 aromatic heterocycles. The van der Waals surface area contributed by atoms with Gasteiger partial charge in [-0.2, -0.15) is 5.26 Å². The lowest BCUT2D eigenvalue weighted by atomic mass is 9.94. The van der Waals surface area contributed by atoms with Gasteiger partial charge in [0.2, 0.25) is 0 Å². The van der Waals surface area contributed by atoms with Gasteiger partial charge in [-0.25, -0.2) is 4.39 Å². The van der Waals surface area contributed by atoms with E-state index in [0.717, 1.165) is 61.5 Å². The van der Waals surface area contributed by atoms with Gasteiger partial charge >= 0.3 is 0 Å². The second-order valence-electron chi connectivity index (χ2n) is 7.07. The lowest BCUT2D eigenvalue weighted by Gasteiger charge is -2.35. The molecule has 1 aliphatic heterocycles. The maximum absolute atomic E-state index is 14.2. The quantitative estimate of drug-likeness (QED) is 0.747. The molecule has 0 aliphatic carbocycles. The molecule has 0 atom stereocenters. The summed E-state index contributed by atoms with van der Waals surface area (Å²) in [5.74, 6) is 0.129. The molecule has 4 nitrogen and oxygen atoms in total. The van der Waals surface area contributed by atoms with Gasteiger partial charge < -0.3 is 15.0 Å². The molecular weight excluding hydrogens is 365 g/mol. The first-order valence-electron chi connectivity index (χ1n) is 10.4. The third-order valence-corrected chi connectivity index (χ3v) is 5.20. The standard InChI is InChI=1S/C22H26FN3O.C2H6/c1-25-14-17-3-6-22(26-9-7-16(8-10-26)15-27-2)20(11-17)18-4-5-19(13-24)21(23)12-18;1-2/h3-6,11-12,16,25H,7-10,14-15H2,1-2H3;1-2H3. The second-order valence-corrected chi connectivity index (χ2v) is 7.07. The molecule has 0 radical (unpaired) electrons. The molecule has 2 aromatic rings. The van der Waals surface area contributed by atoms with Crippen LogP contribution in [0.3, 0.4) is 0 Å². The minimum Gasteiger partial charge on any atom is -0.384 e. The molecule has 1 heterocycles. The van der Waals surface area contributed by atoms with Crippen LogP contribution in [0, 0.1) is 23.1 Å². The number of hydrogen-bond acceptors (Lipinski definition) is 4. The van der Waals surface area contributed by atoms with Crippen LogP contribution in [0.2, 0.25) is 0 Å². The molecule has 0 unspecified atom stereocenters. The zero-order valence-electron chi connectivity index (χ0n) is 18.0. The van der Waals surface area contributed by atoms with E-state index in [1.54, 1.807) is 13.2 Å². The Morgan fingerprint density at radius 1 is 1.17 bits per heavy atom. The monoisotopic (exact) mass is 397 g/mol. The summed E-state index contributed by atoms with van der Waals surface area (Å²) < 4.78 is 19.5. The zero-order chi connectivity index (χ0) is 21.2. The van der Waals surface area contributed by atoms with Crippen molar-refractivity contribution in [3.05, 3.63) is 53.3 Å². The number of rotatable bonds is 6. The molecule has 3 rings (SSSR count). The Labute approximate surface area is 174 Å². The van der Waals surface area contributed by atoms with Crippen LogP contribution in [0.1, 0.15) is 37.8 Å². The number of nitrogens with zero attached hydrogens (tertiary/aromatic N) is 2. The molecule has 1 aliphatic rings. The van der Waals surface area contributed by atoms with Gasteiger partial charge in [0.1, 0.15) is 11.9 Å². The fourth-order valence-corrected chi connectivity index (χ4v) is 3.75. The number of hydrogen-bond donors (Lipinski definition) is 1. The van der Waals surface area contributed by atoms with E-state index < -0.39 is 5.82 Å². The number of benzene rings is 2. The van der Waals surface area contributed by atoms with Crippen LogP contribution in [0.15, 0.2) is 36.4 Å². The predicted molar refractivity (Wildman–Crippen MR) is 117 cm³/mol. The molecule has 2 aromatic carbocycles. The summed E-state index contributed by atoms with van der Waals surface area (Å²) in [4.78, 5) is 2.38. The first-order chi connectivity index (χ1) is 14.2. The van der Waals surface area contributed by atoms with E-state index in [1.165, 1.54) is 6.07 Å². The molecule has 29 heavy (non-hydrogen) atoms. The number of methoxy groups -OCH3 is 1. The van der Waals surface area contributed by atoms with E-state index in [0.29, 0.717) is 5.92 Å². The molecular formula is C24H32FN3O. The Kier molecular flexibility index (Phi) is 9.11. The second kappa shape index (κ2) is 11.5. The van der Waals surface area contributed by atoms with Crippen molar-refractivity contribution in [3.63, 3.8) is 0 Å². The van der Waals surface area contributed by atoms with Crippen LogP contribution in [0.5, 0.6) is 0 Å². The van der Waals surface area contributed by atoms with Gasteiger partial charge in [-0.3, -0.25) is 0 Å². The van der Waals surface area contributed by atoms with Crippen molar-refractivity contribution in [3.8, 4) is 17.2 Å². The first kappa shape index (κ1) is 22.9. The normalized spacial score (nSPS) is 14.1. The fraction of sp³-hybridized carbons (Fsp3) is 0.458. The topological polar surface area (TPSA) is 48.3 Å². The van der Waals surface area contributed by atoms with E-state index in [9.17, 15) is 4.39 Å². The van der Waals surface area contributed by atoms with Gasteiger partial charge in [0.05, 0.1) is 5.56 Å². The smallest absolute Gasteiger partial charge is 0.141 e. The van der Waals surface area contributed by atoms with Crippen molar-refractivity contribution in [2.24, 2.45) is 5.92 Å². The summed E-state index contributed by atoms with van der Waals surface area (Å²) in [6, 6.07) is 13.1. The Morgan fingerprint density at radius 2 is 1.90 bits per heavy atom. The summed E-state index contributed by atoms with van der Waals surface area (Å²) >= 11 is 0. The van der Waals surface area contributed by atoms with Crippen LogP contribution >= 0.6 is 0 Å². The molecule has 1 N–H and O–H groups in total. The third-order valence-electron chi connectivity index (χ3n) is 5.20. The number of nitriles is 1. The Morgan fingerprint density at radius 3 is 2.48 bits per heavy atom. The highest BCUT2D eigenvalue weighted by Gasteiger charge is 2.22. The van der Waals surface area contributed by atoms with Crippen LogP contribution in [0.25, 0.3) is 11.1 Å². The van der Waals surface area contributed by atoms with Crippen molar-refractivity contribution in [2.75, 3.05) is 38.8 Å². The van der Waals surface area contributed by atoms with E-state index >= 15 is 0 Å². The Hall–Kier alpha value is -2.42. The molecule has 5 heteroatoms. The van der Waals surface area contributed by atoms with E-state index in [-0.39, 0.29) is 5.56 Å². The lowest BCUT2D eigenvalue weighted by Crippen LogP contribution is -2.35. The maximum Gasteiger partial charge on any atom is 0.141 e. The first-order valence-corrected chi connectivity index (χ1v) is 10.4. The molecule has 0 amide bonds. The van der Waals surface area contributed by atoms with Crippen molar-refractivity contribution in [1.82, 2.24) is 5.32 Å². The summed E-state index contributed by atoms with van der Waals surface area (Å²) in [6.45, 7) is 7.49. The van der Waals surface area contributed by atoms with Crippen LogP contribution in [0.4, 0.5) is 10.1 Å². The highest BCUT2D eigenvalue weighted by Crippen LogP contribution is 2.35. The van der Waals surface area contributed by atoms with Crippen molar-refractivity contribution >= 4 is 5.69 Å². The van der Waals surface area contributed by atoms with Crippen LogP contribution < -0.4 is 10.2 Å². The zero-order valence-corrected chi connectivity index (χ0v) is 18.0. The van der Waals surface area contributed by atoms with Gasteiger partial charge in [-0.05, 0) is 61.2 Å². The average Bonchev–Trinajstić information content (AvgIpc) is 2.76. The minimum atomic E-state index is -0.473. The van der Waals surface area contributed by atoms with E-state index in [2.05, 4.69) is 28.4 Å². The highest BCUT2D eigenvalue weighted by molar-refractivity contribution is 5.80. The van der Waals surface area contributed by atoms with Gasteiger partial charge in [0, 0.05) is 44.6 Å². The molecule has 1 fully saturated rings. The lowest BCUT2D eigenvalue weighted by molar-refractivity contribution is 0.139. The number of nitrogens with one attached hydrogen (secondary N) is 1. The molecule has 1 saturated heterocycles. The summed E-state index contributed by atoms with van der Waals surface area (Å²) in [5, 5.41) is 12.2. The number of ether oxygens (including phenoxy) is 1. The van der Waals surface area contributed by atoms with Gasteiger partial charge in [0.15, 0.2) is 0 Å². The fourth-order valence-electron chi connectivity index (χ4n) is 3.75. The van der Waals surface area contributed by atoms with E-state index in [4.69, 9.17) is 10.00 Å². The predicted octanol–water partition coefficient (Wildman–Crippen LogP) is 4.97. The average molecular weight is 398 g/mol.